The topological polar surface area (TPSA) is 64.6 Å². The van der Waals surface area contributed by atoms with Crippen molar-refractivity contribution in [1.82, 2.24) is 14.9 Å². The third-order valence-corrected chi connectivity index (χ3v) is 6.04. The summed E-state index contributed by atoms with van der Waals surface area (Å²) >= 11 is 0. The van der Waals surface area contributed by atoms with Gasteiger partial charge in [-0.1, -0.05) is 17.7 Å². The fraction of sp³-hybridized carbons (Fsp3) is 0.250. The molecule has 6 nitrogen and oxygen atoms in total. The van der Waals surface area contributed by atoms with E-state index in [1.165, 1.54) is 11.1 Å². The highest BCUT2D eigenvalue weighted by Crippen LogP contribution is 2.31. The molecule has 1 amide bonds. The molecule has 0 fully saturated rings. The number of methoxy groups -OCH3 is 2. The molecule has 174 valence electrons. The zero-order valence-electron chi connectivity index (χ0n) is 20.0. The molecule has 4 rings (SSSR count). The third kappa shape index (κ3) is 4.86. The van der Waals surface area contributed by atoms with Crippen LogP contribution in [0, 0.1) is 0 Å². The Bertz CT molecular complexity index is 1230. The first kappa shape index (κ1) is 23.2. The number of hydrogen-bond acceptors (Lipinski definition) is 5. The number of nitrogens with zero attached hydrogens (tertiary/aromatic N) is 3. The molecular weight excluding hydrogens is 426 g/mol. The first-order valence-electron chi connectivity index (χ1n) is 11.3. The van der Waals surface area contributed by atoms with Crippen molar-refractivity contribution >= 4 is 5.91 Å². The van der Waals surface area contributed by atoms with Crippen LogP contribution >= 0.6 is 0 Å². The molecule has 6 heteroatoms. The lowest BCUT2D eigenvalue weighted by molar-refractivity contribution is 0.0759. The maximum absolute atomic E-state index is 13.4. The predicted octanol–water partition coefficient (Wildman–Crippen LogP) is 5.57. The predicted molar refractivity (Wildman–Crippen MR) is 134 cm³/mol. The largest absolute Gasteiger partial charge is 0.497 e. The first-order valence-corrected chi connectivity index (χ1v) is 11.3. The van der Waals surface area contributed by atoms with Crippen molar-refractivity contribution in [2.75, 3.05) is 27.3 Å². The molecule has 0 aliphatic carbocycles. The Kier molecular flexibility index (Phi) is 7.07. The Morgan fingerprint density at radius 2 is 1.53 bits per heavy atom. The van der Waals surface area contributed by atoms with Crippen LogP contribution in [0.15, 0.2) is 78.0 Å². The summed E-state index contributed by atoms with van der Waals surface area (Å²) in [7, 11) is 3.27. The van der Waals surface area contributed by atoms with Crippen LogP contribution in [0.1, 0.15) is 30.8 Å². The molecule has 0 saturated carbocycles. The first-order chi connectivity index (χ1) is 16.5. The van der Waals surface area contributed by atoms with E-state index in [0.29, 0.717) is 30.2 Å². The van der Waals surface area contributed by atoms with Crippen molar-refractivity contribution in [3.8, 4) is 34.0 Å². The molecule has 1 aromatic heterocycles. The van der Waals surface area contributed by atoms with Gasteiger partial charge in [0.1, 0.15) is 17.2 Å². The van der Waals surface area contributed by atoms with E-state index in [-0.39, 0.29) is 5.91 Å². The number of carbonyl (C=O) groups excluding carboxylic acids is 1. The lowest BCUT2D eigenvalue weighted by atomic mass is 10.0. The maximum atomic E-state index is 13.4. The smallest absolute Gasteiger partial charge is 0.274 e. The van der Waals surface area contributed by atoms with Crippen LogP contribution in [-0.4, -0.2) is 48.1 Å². The Balaban J connectivity index is 1.74. The van der Waals surface area contributed by atoms with Gasteiger partial charge in [0.2, 0.25) is 0 Å². The Morgan fingerprint density at radius 1 is 0.941 bits per heavy atom. The van der Waals surface area contributed by atoms with E-state index in [4.69, 9.17) is 19.4 Å². The van der Waals surface area contributed by atoms with Crippen LogP contribution in [0.4, 0.5) is 0 Å². The number of hydrogen-bond donors (Lipinski definition) is 0. The van der Waals surface area contributed by atoms with E-state index < -0.39 is 0 Å². The molecule has 0 N–H and O–H groups in total. The van der Waals surface area contributed by atoms with Crippen LogP contribution in [0.5, 0.6) is 11.5 Å². The number of allylic oxidation sites excluding steroid dienone is 1. The van der Waals surface area contributed by atoms with Gasteiger partial charge in [-0.3, -0.25) is 9.78 Å². The molecule has 34 heavy (non-hydrogen) atoms. The molecule has 0 saturated heterocycles. The summed E-state index contributed by atoms with van der Waals surface area (Å²) in [5.74, 6) is 1.40. The molecule has 0 unspecified atom stereocenters. The molecular formula is C28H29N3O3. The molecule has 0 bridgehead atoms. The van der Waals surface area contributed by atoms with Gasteiger partial charge in [0.15, 0.2) is 0 Å². The summed E-state index contributed by atoms with van der Waals surface area (Å²) in [4.78, 5) is 24.8. The van der Waals surface area contributed by atoms with Crippen molar-refractivity contribution in [2.45, 2.75) is 20.3 Å². The minimum absolute atomic E-state index is 0.113. The summed E-state index contributed by atoms with van der Waals surface area (Å²) < 4.78 is 10.6. The molecule has 2 heterocycles. The second-order valence-corrected chi connectivity index (χ2v) is 8.19. The average molecular weight is 456 g/mol. The van der Waals surface area contributed by atoms with E-state index in [9.17, 15) is 4.79 Å². The maximum Gasteiger partial charge on any atom is 0.274 e. The molecule has 2 aromatic carbocycles. The standard InChI is InChI=1S/C28H29N3O3/c1-5-6-22-18-31(16-15-19(22)2)28(32)25-17-29-26(20-7-11-23(33-3)12-8-20)27(30-25)21-9-13-24(34-4)14-10-21/h5-14,17H,15-16,18H2,1-4H3/b6-5-. The van der Waals surface area contributed by atoms with E-state index in [2.05, 4.69) is 13.0 Å². The second-order valence-electron chi connectivity index (χ2n) is 8.19. The average Bonchev–Trinajstić information content (AvgIpc) is 2.89. The van der Waals surface area contributed by atoms with Crippen LogP contribution in [0.25, 0.3) is 22.5 Å². The van der Waals surface area contributed by atoms with Gasteiger partial charge in [-0.05, 0) is 74.4 Å². The lowest BCUT2D eigenvalue weighted by Crippen LogP contribution is -2.37. The Labute approximate surface area is 200 Å². The Morgan fingerprint density at radius 3 is 2.09 bits per heavy atom. The number of carbonyl (C=O) groups is 1. The molecule has 0 spiro atoms. The van der Waals surface area contributed by atoms with Gasteiger partial charge in [0.05, 0.1) is 31.8 Å². The Hall–Kier alpha value is -3.93. The van der Waals surface area contributed by atoms with Gasteiger partial charge in [-0.2, -0.15) is 0 Å². The molecule has 0 radical (unpaired) electrons. The lowest BCUT2D eigenvalue weighted by Gasteiger charge is -2.29. The van der Waals surface area contributed by atoms with E-state index in [0.717, 1.165) is 29.0 Å². The van der Waals surface area contributed by atoms with Crippen LogP contribution < -0.4 is 9.47 Å². The summed E-state index contributed by atoms with van der Waals surface area (Å²) in [6.45, 7) is 5.37. The van der Waals surface area contributed by atoms with Crippen LogP contribution in [0.3, 0.4) is 0 Å². The fourth-order valence-corrected chi connectivity index (χ4v) is 4.02. The highest BCUT2D eigenvalue weighted by molar-refractivity contribution is 5.94. The highest BCUT2D eigenvalue weighted by Gasteiger charge is 2.24. The summed E-state index contributed by atoms with van der Waals surface area (Å²) in [6, 6.07) is 15.3. The van der Waals surface area contributed by atoms with Gasteiger partial charge < -0.3 is 14.4 Å². The van der Waals surface area contributed by atoms with Gasteiger partial charge >= 0.3 is 0 Å². The van der Waals surface area contributed by atoms with Crippen molar-refractivity contribution in [1.29, 1.82) is 0 Å². The van der Waals surface area contributed by atoms with Crippen LogP contribution in [0.2, 0.25) is 0 Å². The van der Waals surface area contributed by atoms with E-state index in [1.807, 2.05) is 66.4 Å². The fourth-order valence-electron chi connectivity index (χ4n) is 4.02. The van der Waals surface area contributed by atoms with Gasteiger partial charge in [-0.15, -0.1) is 0 Å². The van der Waals surface area contributed by atoms with Gasteiger partial charge in [0.25, 0.3) is 5.91 Å². The second kappa shape index (κ2) is 10.3. The minimum atomic E-state index is -0.113. The molecule has 0 atom stereocenters. The summed E-state index contributed by atoms with van der Waals surface area (Å²) in [5, 5.41) is 0. The van der Waals surface area contributed by atoms with E-state index in [1.54, 1.807) is 20.4 Å². The number of amides is 1. The van der Waals surface area contributed by atoms with E-state index >= 15 is 0 Å². The highest BCUT2D eigenvalue weighted by atomic mass is 16.5. The minimum Gasteiger partial charge on any atom is -0.497 e. The zero-order valence-corrected chi connectivity index (χ0v) is 20.0. The van der Waals surface area contributed by atoms with Crippen molar-refractivity contribution < 1.29 is 14.3 Å². The third-order valence-electron chi connectivity index (χ3n) is 6.04. The normalized spacial score (nSPS) is 13.9. The summed E-state index contributed by atoms with van der Waals surface area (Å²) in [6.07, 6.45) is 6.53. The number of benzene rings is 2. The molecule has 1 aliphatic heterocycles. The molecule has 1 aliphatic rings. The molecule has 3 aromatic rings. The summed E-state index contributed by atoms with van der Waals surface area (Å²) in [5.41, 5.74) is 5.94. The number of rotatable bonds is 6. The quantitative estimate of drug-likeness (QED) is 0.486. The van der Waals surface area contributed by atoms with Crippen molar-refractivity contribution in [3.05, 3.63) is 83.7 Å². The zero-order chi connectivity index (χ0) is 24.1. The van der Waals surface area contributed by atoms with Crippen molar-refractivity contribution in [3.63, 3.8) is 0 Å². The van der Waals surface area contributed by atoms with Crippen LogP contribution in [-0.2, 0) is 0 Å². The van der Waals surface area contributed by atoms with Gasteiger partial charge in [-0.25, -0.2) is 4.98 Å². The van der Waals surface area contributed by atoms with Crippen molar-refractivity contribution in [2.24, 2.45) is 0 Å². The number of aromatic nitrogens is 2. The number of ether oxygens (including phenoxy) is 2. The SMILES string of the molecule is C/C=C\C1=C(C)CCN(C(=O)c2cnc(-c3ccc(OC)cc3)c(-c3ccc(OC)cc3)n2)C1. The monoisotopic (exact) mass is 455 g/mol. The van der Waals surface area contributed by atoms with Gasteiger partial charge in [0, 0.05) is 24.2 Å².